The lowest BCUT2D eigenvalue weighted by molar-refractivity contribution is 0.0767. The van der Waals surface area contributed by atoms with E-state index in [1.807, 2.05) is 34.5 Å². The molecule has 0 atom stereocenters. The molecule has 166 valence electrons. The third-order valence-corrected chi connectivity index (χ3v) is 8.63. The van der Waals surface area contributed by atoms with Crippen molar-refractivity contribution >= 4 is 38.1 Å². The molecule has 1 amide bonds. The Labute approximate surface area is 192 Å². The molecule has 9 heteroatoms. The second kappa shape index (κ2) is 8.55. The van der Waals surface area contributed by atoms with Crippen LogP contribution >= 0.6 is 11.3 Å². The second-order valence-electron chi connectivity index (χ2n) is 7.93. The van der Waals surface area contributed by atoms with Crippen LogP contribution in [0.1, 0.15) is 22.3 Å². The van der Waals surface area contributed by atoms with Crippen LogP contribution in [0.3, 0.4) is 0 Å². The maximum Gasteiger partial charge on any atom is 0.264 e. The molecule has 2 aliphatic rings. The number of sulfonamides is 1. The number of carbonyl (C=O) groups excluding carboxylic acids is 1. The summed E-state index contributed by atoms with van der Waals surface area (Å²) in [5.41, 5.74) is 2.15. The van der Waals surface area contributed by atoms with E-state index in [0.717, 1.165) is 29.3 Å². The molecule has 0 unspecified atom stereocenters. The summed E-state index contributed by atoms with van der Waals surface area (Å²) in [7, 11) is -3.74. The van der Waals surface area contributed by atoms with E-state index in [1.165, 1.54) is 10.4 Å². The monoisotopic (exact) mass is 468 g/mol. The molecule has 0 spiro atoms. The van der Waals surface area contributed by atoms with Gasteiger partial charge in [-0.05, 0) is 42.7 Å². The highest BCUT2D eigenvalue weighted by Crippen LogP contribution is 2.33. The molecule has 3 heterocycles. The van der Waals surface area contributed by atoms with Gasteiger partial charge in [0, 0.05) is 49.9 Å². The Kier molecular flexibility index (Phi) is 5.60. The van der Waals surface area contributed by atoms with Crippen molar-refractivity contribution in [2.24, 2.45) is 0 Å². The zero-order valence-corrected chi connectivity index (χ0v) is 19.2. The van der Waals surface area contributed by atoms with Crippen molar-refractivity contribution in [3.8, 4) is 0 Å². The summed E-state index contributed by atoms with van der Waals surface area (Å²) < 4.78 is 28.2. The molecule has 0 saturated carbocycles. The number of aromatic nitrogens is 1. The Balaban J connectivity index is 1.35. The fourth-order valence-electron chi connectivity index (χ4n) is 4.34. The first-order chi connectivity index (χ1) is 15.5. The summed E-state index contributed by atoms with van der Waals surface area (Å²) in [4.78, 5) is 21.8. The van der Waals surface area contributed by atoms with Gasteiger partial charge in [0.1, 0.15) is 0 Å². The van der Waals surface area contributed by atoms with Crippen LogP contribution in [0.4, 0.5) is 10.8 Å². The normalized spacial score (nSPS) is 16.7. The molecule has 5 rings (SSSR count). The first-order valence-corrected chi connectivity index (χ1v) is 13.0. The van der Waals surface area contributed by atoms with Gasteiger partial charge in [-0.1, -0.05) is 24.3 Å². The summed E-state index contributed by atoms with van der Waals surface area (Å²) in [5, 5.41) is 2.92. The summed E-state index contributed by atoms with van der Waals surface area (Å²) in [6.07, 6.45) is 3.32. The highest BCUT2D eigenvalue weighted by molar-refractivity contribution is 7.92. The smallest absolute Gasteiger partial charge is 0.264 e. The lowest BCUT2D eigenvalue weighted by Crippen LogP contribution is -2.35. The molecule has 1 fully saturated rings. The number of fused-ring (bicyclic) bond motifs is 1. The van der Waals surface area contributed by atoms with Crippen molar-refractivity contribution in [1.29, 1.82) is 0 Å². The number of nitrogens with zero attached hydrogens (tertiary/aromatic N) is 4. The predicted molar refractivity (Wildman–Crippen MR) is 126 cm³/mol. The van der Waals surface area contributed by atoms with Crippen LogP contribution in [-0.2, 0) is 16.4 Å². The molecule has 7 nitrogen and oxygen atoms in total. The molecule has 2 aromatic carbocycles. The van der Waals surface area contributed by atoms with Crippen LogP contribution in [-0.4, -0.2) is 56.9 Å². The highest BCUT2D eigenvalue weighted by atomic mass is 32.2. The molecule has 2 aliphatic heterocycles. The number of amides is 1. The number of carbonyl (C=O) groups is 1. The lowest BCUT2D eigenvalue weighted by atomic mass is 10.2. The molecule has 0 bridgehead atoms. The first kappa shape index (κ1) is 21.0. The van der Waals surface area contributed by atoms with Gasteiger partial charge >= 0.3 is 0 Å². The van der Waals surface area contributed by atoms with Crippen molar-refractivity contribution in [2.45, 2.75) is 17.7 Å². The molecule has 0 N–H and O–H groups in total. The number of benzene rings is 2. The zero-order valence-electron chi connectivity index (χ0n) is 17.6. The molecule has 1 saturated heterocycles. The van der Waals surface area contributed by atoms with Crippen molar-refractivity contribution < 1.29 is 13.2 Å². The van der Waals surface area contributed by atoms with Gasteiger partial charge in [0.05, 0.1) is 10.6 Å². The molecule has 3 aromatic rings. The minimum atomic E-state index is -3.74. The van der Waals surface area contributed by atoms with Gasteiger partial charge in [-0.15, -0.1) is 11.3 Å². The number of thiazole rings is 1. The largest absolute Gasteiger partial charge is 0.346 e. The van der Waals surface area contributed by atoms with Crippen LogP contribution in [0.5, 0.6) is 0 Å². The third-order valence-electron chi connectivity index (χ3n) is 5.99. The lowest BCUT2D eigenvalue weighted by Gasteiger charge is -2.23. The van der Waals surface area contributed by atoms with Crippen molar-refractivity contribution in [2.75, 3.05) is 41.9 Å². The summed E-state index contributed by atoms with van der Waals surface area (Å²) in [6, 6.07) is 14.0. The second-order valence-corrected chi connectivity index (χ2v) is 10.7. The van der Waals surface area contributed by atoms with Gasteiger partial charge in [0.15, 0.2) is 5.13 Å². The SMILES string of the molecule is O=C(c1cccc(S(=O)(=O)N2CCc3ccccc32)c1)N1CCCN(c2nccs2)CC1. The topological polar surface area (TPSA) is 73.8 Å². The predicted octanol–water partition coefficient (Wildman–Crippen LogP) is 3.25. The highest BCUT2D eigenvalue weighted by Gasteiger charge is 2.31. The summed E-state index contributed by atoms with van der Waals surface area (Å²) in [5.74, 6) is -0.134. The van der Waals surface area contributed by atoms with Crippen molar-refractivity contribution in [1.82, 2.24) is 9.88 Å². The van der Waals surface area contributed by atoms with Crippen LogP contribution < -0.4 is 9.21 Å². The maximum atomic E-state index is 13.4. The standard InChI is InChI=1S/C23H24N4O3S2/c28-22(25-11-4-12-26(15-14-25)23-24-10-16-31-23)19-6-3-7-20(17-19)32(29,30)27-13-9-18-5-1-2-8-21(18)27/h1-3,5-8,10,16-17H,4,9,11-15H2. The van der Waals surface area contributed by atoms with E-state index >= 15 is 0 Å². The first-order valence-electron chi connectivity index (χ1n) is 10.7. The average Bonchev–Trinajstić information content (AvgIpc) is 3.44. The Morgan fingerprint density at radius 1 is 0.969 bits per heavy atom. The van der Waals surface area contributed by atoms with Crippen LogP contribution in [0, 0.1) is 0 Å². The molecule has 0 radical (unpaired) electrons. The Bertz CT molecular complexity index is 1230. The number of hydrogen-bond acceptors (Lipinski definition) is 6. The van der Waals surface area contributed by atoms with Crippen LogP contribution in [0.25, 0.3) is 0 Å². The van der Waals surface area contributed by atoms with Crippen LogP contribution in [0.15, 0.2) is 65.0 Å². The molecule has 32 heavy (non-hydrogen) atoms. The fraction of sp³-hybridized carbons (Fsp3) is 0.304. The van der Waals surface area contributed by atoms with E-state index in [2.05, 4.69) is 9.88 Å². The zero-order chi connectivity index (χ0) is 22.1. The quantitative estimate of drug-likeness (QED) is 0.588. The van der Waals surface area contributed by atoms with Crippen LogP contribution in [0.2, 0.25) is 0 Å². The number of hydrogen-bond donors (Lipinski definition) is 0. The van der Waals surface area contributed by atoms with E-state index in [0.29, 0.717) is 38.2 Å². The van der Waals surface area contributed by atoms with Crippen molar-refractivity contribution in [3.63, 3.8) is 0 Å². The number of para-hydroxylation sites is 1. The van der Waals surface area contributed by atoms with E-state index in [4.69, 9.17) is 0 Å². The Hall–Kier alpha value is -2.91. The van der Waals surface area contributed by atoms with Crippen molar-refractivity contribution in [3.05, 3.63) is 71.2 Å². The number of anilines is 2. The summed E-state index contributed by atoms with van der Waals surface area (Å²) in [6.45, 7) is 3.19. The van der Waals surface area contributed by atoms with E-state index < -0.39 is 10.0 Å². The van der Waals surface area contributed by atoms with Gasteiger partial charge in [-0.2, -0.15) is 0 Å². The number of rotatable bonds is 4. The Morgan fingerprint density at radius 3 is 2.69 bits per heavy atom. The van der Waals surface area contributed by atoms with Gasteiger partial charge < -0.3 is 9.80 Å². The Morgan fingerprint density at radius 2 is 1.84 bits per heavy atom. The van der Waals surface area contributed by atoms with Gasteiger partial charge in [0.2, 0.25) is 0 Å². The molecular weight excluding hydrogens is 444 g/mol. The third kappa shape index (κ3) is 3.86. The minimum Gasteiger partial charge on any atom is -0.346 e. The molecule has 1 aromatic heterocycles. The van der Waals surface area contributed by atoms with E-state index in [9.17, 15) is 13.2 Å². The summed E-state index contributed by atoms with van der Waals surface area (Å²) >= 11 is 1.60. The van der Waals surface area contributed by atoms with E-state index in [-0.39, 0.29) is 10.8 Å². The average molecular weight is 469 g/mol. The fourth-order valence-corrected chi connectivity index (χ4v) is 6.59. The van der Waals surface area contributed by atoms with Gasteiger partial charge in [-0.25, -0.2) is 13.4 Å². The van der Waals surface area contributed by atoms with E-state index in [1.54, 1.807) is 35.7 Å². The van der Waals surface area contributed by atoms with Gasteiger partial charge in [-0.3, -0.25) is 9.10 Å². The van der Waals surface area contributed by atoms with Gasteiger partial charge in [0.25, 0.3) is 15.9 Å². The molecule has 0 aliphatic carbocycles. The maximum absolute atomic E-state index is 13.4. The molecular formula is C23H24N4O3S2. The minimum absolute atomic E-state index is 0.134.